The second-order valence-electron chi connectivity index (χ2n) is 6.14. The van der Waals surface area contributed by atoms with Gasteiger partial charge >= 0.3 is 0 Å². The van der Waals surface area contributed by atoms with Crippen molar-refractivity contribution >= 4 is 5.91 Å². The highest BCUT2D eigenvalue weighted by molar-refractivity contribution is 5.75. The van der Waals surface area contributed by atoms with Gasteiger partial charge in [-0.05, 0) is 32.1 Å². The Balaban J connectivity index is 3.45. The highest BCUT2D eigenvalue weighted by Gasteiger charge is 1.99. The van der Waals surface area contributed by atoms with Crippen molar-refractivity contribution in [3.05, 3.63) is 12.2 Å². The molecular formula is C20H39NO2. The summed E-state index contributed by atoms with van der Waals surface area (Å²) >= 11 is 0. The highest BCUT2D eigenvalue weighted by Crippen LogP contribution is 2.09. The standard InChI is InChI=1S/C20H39NO2/c1-2-3-4-5-6-7-8-9-10-11-12-13-14-15-16-17-20(23)21-18-19-22/h9-10,22H,2-8,11-19H2,1H3,(H,21,23)/i17D2. The maximum atomic E-state index is 11.6. The molecular weight excluding hydrogens is 286 g/mol. The number of aliphatic hydroxyl groups excluding tert-OH is 1. The van der Waals surface area contributed by atoms with Crippen LogP contribution in [0.4, 0.5) is 0 Å². The molecule has 0 radical (unpaired) electrons. The van der Waals surface area contributed by atoms with Crippen molar-refractivity contribution in [1.29, 1.82) is 0 Å². The molecule has 3 heteroatoms. The van der Waals surface area contributed by atoms with E-state index in [0.717, 1.165) is 32.1 Å². The largest absolute Gasteiger partial charge is 0.395 e. The molecule has 0 rings (SSSR count). The van der Waals surface area contributed by atoms with Crippen LogP contribution in [0.2, 0.25) is 0 Å². The van der Waals surface area contributed by atoms with Crippen LogP contribution in [-0.4, -0.2) is 24.2 Å². The number of carbonyl (C=O) groups is 1. The Morgan fingerprint density at radius 2 is 1.43 bits per heavy atom. The SMILES string of the molecule is [2H]C([2H])(CCCCCCC=CCCCCCCCC)C(=O)NCCO. The first-order valence-electron chi connectivity index (χ1n) is 10.6. The molecule has 0 atom stereocenters. The zero-order chi connectivity index (χ0) is 18.8. The van der Waals surface area contributed by atoms with Gasteiger partial charge in [-0.25, -0.2) is 0 Å². The van der Waals surface area contributed by atoms with Gasteiger partial charge in [-0.2, -0.15) is 0 Å². The lowest BCUT2D eigenvalue weighted by Gasteiger charge is -2.03. The lowest BCUT2D eigenvalue weighted by Crippen LogP contribution is -2.25. The third kappa shape index (κ3) is 19.1. The summed E-state index contributed by atoms with van der Waals surface area (Å²) in [5, 5.41) is 11.0. The van der Waals surface area contributed by atoms with Crippen molar-refractivity contribution in [2.75, 3.05) is 13.2 Å². The summed E-state index contributed by atoms with van der Waals surface area (Å²) in [6.45, 7) is 2.20. The number of hydrogen-bond acceptors (Lipinski definition) is 2. The second-order valence-corrected chi connectivity index (χ2v) is 6.14. The van der Waals surface area contributed by atoms with Crippen molar-refractivity contribution in [2.45, 2.75) is 96.8 Å². The van der Waals surface area contributed by atoms with E-state index in [2.05, 4.69) is 24.4 Å². The Hall–Kier alpha value is -0.830. The molecule has 0 aromatic carbocycles. The lowest BCUT2D eigenvalue weighted by atomic mass is 10.1. The van der Waals surface area contributed by atoms with Crippen molar-refractivity contribution in [1.82, 2.24) is 5.32 Å². The molecule has 0 aliphatic rings. The Labute approximate surface area is 146 Å². The topological polar surface area (TPSA) is 49.3 Å². The molecule has 0 saturated heterocycles. The summed E-state index contributed by atoms with van der Waals surface area (Å²) in [5.41, 5.74) is 0. The summed E-state index contributed by atoms with van der Waals surface area (Å²) < 4.78 is 15.5. The lowest BCUT2D eigenvalue weighted by molar-refractivity contribution is -0.121. The van der Waals surface area contributed by atoms with Crippen LogP contribution in [0.25, 0.3) is 0 Å². The van der Waals surface area contributed by atoms with Gasteiger partial charge in [0.15, 0.2) is 0 Å². The molecule has 23 heavy (non-hydrogen) atoms. The molecule has 0 aromatic rings. The first-order valence-corrected chi connectivity index (χ1v) is 9.58. The zero-order valence-electron chi connectivity index (χ0n) is 17.1. The van der Waals surface area contributed by atoms with Gasteiger partial charge in [0.25, 0.3) is 0 Å². The number of unbranched alkanes of at least 4 members (excludes halogenated alkanes) is 10. The minimum absolute atomic E-state index is 0.115. The van der Waals surface area contributed by atoms with Gasteiger partial charge in [-0.3, -0.25) is 4.79 Å². The Morgan fingerprint density at radius 1 is 0.913 bits per heavy atom. The van der Waals surface area contributed by atoms with Crippen molar-refractivity contribution in [2.24, 2.45) is 0 Å². The first kappa shape index (κ1) is 18.5. The third-order valence-electron chi connectivity index (χ3n) is 3.87. The predicted octanol–water partition coefficient (Wildman–Crippen LogP) is 5.13. The average molecular weight is 328 g/mol. The van der Waals surface area contributed by atoms with E-state index < -0.39 is 12.3 Å². The van der Waals surface area contributed by atoms with Crippen LogP contribution in [0.3, 0.4) is 0 Å². The molecule has 0 fully saturated rings. The number of hydrogen-bond donors (Lipinski definition) is 2. The third-order valence-corrected chi connectivity index (χ3v) is 3.87. The molecule has 3 nitrogen and oxygen atoms in total. The van der Waals surface area contributed by atoms with Crippen molar-refractivity contribution < 1.29 is 12.6 Å². The normalized spacial score (nSPS) is 13.1. The Kier molecular flexibility index (Phi) is 15.5. The van der Waals surface area contributed by atoms with Crippen LogP contribution in [0.5, 0.6) is 0 Å². The molecule has 136 valence electrons. The van der Waals surface area contributed by atoms with Crippen molar-refractivity contribution in [3.63, 3.8) is 0 Å². The van der Waals surface area contributed by atoms with Crippen LogP contribution in [0, 0.1) is 0 Å². The average Bonchev–Trinajstić information content (AvgIpc) is 2.59. The number of amides is 1. The van der Waals surface area contributed by atoms with Crippen LogP contribution in [0.1, 0.15) is 99.5 Å². The minimum Gasteiger partial charge on any atom is -0.395 e. The van der Waals surface area contributed by atoms with E-state index in [1.54, 1.807) is 0 Å². The molecule has 0 bridgehead atoms. The van der Waals surface area contributed by atoms with Crippen LogP contribution in [-0.2, 0) is 4.79 Å². The summed E-state index contributed by atoms with van der Waals surface area (Å²) in [6, 6.07) is 0. The molecule has 2 N–H and O–H groups in total. The quantitative estimate of drug-likeness (QED) is 0.287. The molecule has 0 unspecified atom stereocenters. The molecule has 1 amide bonds. The predicted molar refractivity (Wildman–Crippen MR) is 99.5 cm³/mol. The number of carbonyl (C=O) groups excluding carboxylic acids is 1. The summed E-state index contributed by atoms with van der Waals surface area (Å²) in [6.07, 6.45) is 17.2. The van der Waals surface area contributed by atoms with Gasteiger partial charge in [0.2, 0.25) is 5.91 Å². The number of nitrogens with one attached hydrogen (secondary N) is 1. The maximum absolute atomic E-state index is 11.6. The minimum atomic E-state index is -1.83. The summed E-state index contributed by atoms with van der Waals surface area (Å²) in [4.78, 5) is 11.6. The van der Waals surface area contributed by atoms with Crippen LogP contribution < -0.4 is 5.32 Å². The van der Waals surface area contributed by atoms with Gasteiger partial charge in [0.05, 0.1) is 6.61 Å². The number of allylic oxidation sites excluding steroid dienone is 2. The zero-order valence-corrected chi connectivity index (χ0v) is 15.1. The van der Waals surface area contributed by atoms with Gasteiger partial charge < -0.3 is 10.4 Å². The molecule has 0 aliphatic carbocycles. The Bertz CT molecular complexity index is 347. The molecule has 0 saturated carbocycles. The smallest absolute Gasteiger partial charge is 0.220 e. The van der Waals surface area contributed by atoms with E-state index in [4.69, 9.17) is 7.85 Å². The van der Waals surface area contributed by atoms with Gasteiger partial charge in [0, 0.05) is 15.7 Å². The fourth-order valence-corrected chi connectivity index (χ4v) is 2.45. The number of aliphatic hydroxyl groups is 1. The second kappa shape index (κ2) is 19.2. The Morgan fingerprint density at radius 3 is 2.00 bits per heavy atom. The van der Waals surface area contributed by atoms with E-state index in [-0.39, 0.29) is 19.6 Å². The fraction of sp³-hybridized carbons (Fsp3) is 0.850. The molecule has 0 aromatic heterocycles. The van der Waals surface area contributed by atoms with Crippen LogP contribution in [0.15, 0.2) is 12.2 Å². The molecule has 0 heterocycles. The molecule has 0 aliphatic heterocycles. The van der Waals surface area contributed by atoms with Gasteiger partial charge in [-0.15, -0.1) is 0 Å². The first-order chi connectivity index (χ1) is 12.0. The van der Waals surface area contributed by atoms with E-state index in [1.807, 2.05) is 0 Å². The highest BCUT2D eigenvalue weighted by atomic mass is 16.3. The summed E-state index contributed by atoms with van der Waals surface area (Å²) in [5.74, 6) is -0.612. The van der Waals surface area contributed by atoms with Crippen molar-refractivity contribution in [3.8, 4) is 0 Å². The monoisotopic (exact) mass is 327 g/mol. The summed E-state index contributed by atoms with van der Waals surface area (Å²) in [7, 11) is 0. The van der Waals surface area contributed by atoms with E-state index in [9.17, 15) is 4.79 Å². The van der Waals surface area contributed by atoms with E-state index in [1.165, 1.54) is 44.9 Å². The maximum Gasteiger partial charge on any atom is 0.220 e. The fourth-order valence-electron chi connectivity index (χ4n) is 2.45. The van der Waals surface area contributed by atoms with Gasteiger partial charge in [-0.1, -0.05) is 70.4 Å². The number of rotatable bonds is 17. The van der Waals surface area contributed by atoms with Gasteiger partial charge in [0.1, 0.15) is 0 Å². The molecule has 0 spiro atoms. The van der Waals surface area contributed by atoms with E-state index in [0.29, 0.717) is 0 Å². The van der Waals surface area contributed by atoms with E-state index >= 15 is 0 Å². The van der Waals surface area contributed by atoms with Crippen LogP contribution >= 0.6 is 0 Å².